The highest BCUT2D eigenvalue weighted by molar-refractivity contribution is 6.07. The van der Waals surface area contributed by atoms with E-state index < -0.39 is 11.6 Å². The van der Waals surface area contributed by atoms with Gasteiger partial charge in [-0.25, -0.2) is 9.78 Å². The van der Waals surface area contributed by atoms with Crippen molar-refractivity contribution < 1.29 is 14.4 Å². The number of rotatable bonds is 3. The van der Waals surface area contributed by atoms with Gasteiger partial charge in [0.15, 0.2) is 0 Å². The lowest BCUT2D eigenvalue weighted by atomic mass is 10.0. The van der Waals surface area contributed by atoms with Crippen molar-refractivity contribution in [3.63, 3.8) is 0 Å². The molecule has 0 aliphatic carbocycles. The second-order valence-corrected chi connectivity index (χ2v) is 7.79. The molecule has 3 heterocycles. The molecule has 2 N–H and O–H groups in total. The van der Waals surface area contributed by atoms with Gasteiger partial charge in [-0.05, 0) is 51.3 Å². The van der Waals surface area contributed by atoms with Gasteiger partial charge in [0.25, 0.3) is 5.91 Å². The lowest BCUT2D eigenvalue weighted by Crippen LogP contribution is -2.49. The highest BCUT2D eigenvalue weighted by Crippen LogP contribution is 2.32. The molecule has 4 rings (SSSR count). The number of urea groups is 1. The molecule has 8 nitrogen and oxygen atoms in total. The summed E-state index contributed by atoms with van der Waals surface area (Å²) in [6, 6.07) is 5.35. The second-order valence-electron chi connectivity index (χ2n) is 7.79. The molecule has 2 aliphatic rings. The van der Waals surface area contributed by atoms with Gasteiger partial charge in [0.05, 0.1) is 17.1 Å². The number of benzene rings is 1. The van der Waals surface area contributed by atoms with Crippen LogP contribution in [0.2, 0.25) is 0 Å². The van der Waals surface area contributed by atoms with Crippen molar-refractivity contribution in [2.24, 2.45) is 0 Å². The minimum absolute atomic E-state index is 0.125. The zero-order chi connectivity index (χ0) is 19.3. The Bertz CT molecular complexity index is 948. The molecule has 2 saturated heterocycles. The molecule has 142 valence electrons. The van der Waals surface area contributed by atoms with Crippen LogP contribution >= 0.6 is 0 Å². The molecular formula is C19H23N5O3. The zero-order valence-electron chi connectivity index (χ0n) is 15.7. The number of carbonyl (C=O) groups is 3. The summed E-state index contributed by atoms with van der Waals surface area (Å²) in [5.74, 6) is 0.209. The van der Waals surface area contributed by atoms with Gasteiger partial charge in [-0.3, -0.25) is 14.9 Å². The van der Waals surface area contributed by atoms with Crippen LogP contribution in [0.3, 0.4) is 0 Å². The minimum Gasteiger partial charge on any atom is -0.340 e. The summed E-state index contributed by atoms with van der Waals surface area (Å²) < 4.78 is 0. The molecular weight excluding hydrogens is 346 g/mol. The number of aromatic nitrogens is 2. The van der Waals surface area contributed by atoms with Gasteiger partial charge >= 0.3 is 6.03 Å². The van der Waals surface area contributed by atoms with Gasteiger partial charge in [0.1, 0.15) is 17.9 Å². The van der Waals surface area contributed by atoms with Crippen LogP contribution in [0.15, 0.2) is 18.2 Å². The number of nitrogens with one attached hydrogen (secondary N) is 2. The highest BCUT2D eigenvalue weighted by atomic mass is 16.2. The molecule has 0 radical (unpaired) electrons. The number of imidazole rings is 1. The van der Waals surface area contributed by atoms with E-state index in [2.05, 4.69) is 15.3 Å². The van der Waals surface area contributed by atoms with Crippen molar-refractivity contribution in [3.05, 3.63) is 29.6 Å². The summed E-state index contributed by atoms with van der Waals surface area (Å²) in [5, 5.41) is 2.28. The summed E-state index contributed by atoms with van der Waals surface area (Å²) in [7, 11) is 0. The molecule has 2 aromatic rings. The maximum Gasteiger partial charge on any atom is 0.325 e. The summed E-state index contributed by atoms with van der Waals surface area (Å²) in [6.07, 6.45) is 1.69. The second kappa shape index (κ2) is 6.07. The Morgan fingerprint density at radius 1 is 1.33 bits per heavy atom. The third-order valence-electron chi connectivity index (χ3n) is 5.53. The standard InChI is InChI=1S/C19H23N5O3/c1-11-6-7-12-13(9-11)21-16(20-12)14-5-4-8-23(14)15(25)10-24-18(27)22-17(26)19(24,2)3/h6-7,9,14H,4-5,8,10H2,1-3H3,(H,20,21)(H,22,26,27). The van der Waals surface area contributed by atoms with E-state index in [1.165, 1.54) is 4.90 Å². The lowest BCUT2D eigenvalue weighted by Gasteiger charge is -2.30. The monoisotopic (exact) mass is 369 g/mol. The van der Waals surface area contributed by atoms with Crippen molar-refractivity contribution in [3.8, 4) is 0 Å². The van der Waals surface area contributed by atoms with Gasteiger partial charge in [-0.15, -0.1) is 0 Å². The number of hydrogen-bond donors (Lipinski definition) is 2. The van der Waals surface area contributed by atoms with Crippen LogP contribution in [-0.4, -0.2) is 56.2 Å². The first kappa shape index (κ1) is 17.5. The van der Waals surface area contributed by atoms with E-state index in [1.807, 2.05) is 25.1 Å². The molecule has 2 fully saturated rings. The zero-order valence-corrected chi connectivity index (χ0v) is 15.7. The summed E-state index contributed by atoms with van der Waals surface area (Å²) in [6.45, 7) is 5.80. The Hall–Kier alpha value is -2.90. The first-order valence-electron chi connectivity index (χ1n) is 9.16. The molecule has 4 amide bonds. The number of fused-ring (bicyclic) bond motifs is 1. The van der Waals surface area contributed by atoms with Gasteiger partial charge in [-0.1, -0.05) is 6.07 Å². The van der Waals surface area contributed by atoms with E-state index in [4.69, 9.17) is 0 Å². The van der Waals surface area contributed by atoms with Crippen LogP contribution in [0.4, 0.5) is 4.79 Å². The van der Waals surface area contributed by atoms with Crippen molar-refractivity contribution in [2.45, 2.75) is 45.2 Å². The van der Waals surface area contributed by atoms with Crippen LogP contribution in [-0.2, 0) is 9.59 Å². The summed E-state index contributed by atoms with van der Waals surface area (Å²) in [4.78, 5) is 48.0. The van der Waals surface area contributed by atoms with Gasteiger partial charge in [0.2, 0.25) is 5.91 Å². The van der Waals surface area contributed by atoms with Crippen LogP contribution in [0.1, 0.15) is 44.1 Å². The van der Waals surface area contributed by atoms with E-state index in [0.717, 1.165) is 35.3 Å². The van der Waals surface area contributed by atoms with Crippen molar-refractivity contribution >= 4 is 28.9 Å². The fourth-order valence-electron chi connectivity index (χ4n) is 3.84. The van der Waals surface area contributed by atoms with E-state index in [0.29, 0.717) is 6.54 Å². The molecule has 1 aromatic carbocycles. The minimum atomic E-state index is -1.03. The van der Waals surface area contributed by atoms with Crippen molar-refractivity contribution in [1.29, 1.82) is 0 Å². The van der Waals surface area contributed by atoms with Crippen molar-refractivity contribution in [2.75, 3.05) is 13.1 Å². The third kappa shape index (κ3) is 2.85. The number of aromatic amines is 1. The average molecular weight is 369 g/mol. The highest BCUT2D eigenvalue weighted by Gasteiger charge is 2.47. The molecule has 0 spiro atoms. The largest absolute Gasteiger partial charge is 0.340 e. The normalized spacial score (nSPS) is 22.0. The Kier molecular flexibility index (Phi) is 3.94. The summed E-state index contributed by atoms with van der Waals surface area (Å²) in [5.41, 5.74) is 1.94. The maximum absolute atomic E-state index is 12.9. The topological polar surface area (TPSA) is 98.4 Å². The molecule has 27 heavy (non-hydrogen) atoms. The SMILES string of the molecule is Cc1ccc2nc(C3CCCN3C(=O)CN3C(=O)NC(=O)C3(C)C)[nH]c2c1. The fourth-order valence-corrected chi connectivity index (χ4v) is 3.84. The van der Waals surface area contributed by atoms with E-state index in [1.54, 1.807) is 18.7 Å². The Balaban J connectivity index is 1.56. The number of H-pyrrole nitrogens is 1. The van der Waals surface area contributed by atoms with E-state index in [-0.39, 0.29) is 24.4 Å². The third-order valence-corrected chi connectivity index (χ3v) is 5.53. The van der Waals surface area contributed by atoms with Crippen LogP contribution in [0.5, 0.6) is 0 Å². The molecule has 1 atom stereocenters. The lowest BCUT2D eigenvalue weighted by molar-refractivity contribution is -0.134. The number of nitrogens with zero attached hydrogens (tertiary/aromatic N) is 3. The Morgan fingerprint density at radius 2 is 2.11 bits per heavy atom. The van der Waals surface area contributed by atoms with Crippen LogP contribution < -0.4 is 5.32 Å². The maximum atomic E-state index is 12.9. The predicted octanol–water partition coefficient (Wildman–Crippen LogP) is 1.87. The Morgan fingerprint density at radius 3 is 2.81 bits per heavy atom. The van der Waals surface area contributed by atoms with E-state index in [9.17, 15) is 14.4 Å². The first-order valence-corrected chi connectivity index (χ1v) is 9.16. The molecule has 1 aromatic heterocycles. The Labute approximate surface area is 156 Å². The first-order chi connectivity index (χ1) is 12.8. The molecule has 1 unspecified atom stereocenters. The molecule has 0 bridgehead atoms. The summed E-state index contributed by atoms with van der Waals surface area (Å²) >= 11 is 0. The number of amides is 4. The van der Waals surface area contributed by atoms with Crippen molar-refractivity contribution in [1.82, 2.24) is 25.1 Å². The quantitative estimate of drug-likeness (QED) is 0.807. The number of carbonyl (C=O) groups excluding carboxylic acids is 3. The number of imide groups is 1. The van der Waals surface area contributed by atoms with Crippen LogP contribution in [0.25, 0.3) is 11.0 Å². The average Bonchev–Trinajstić information content (AvgIpc) is 3.28. The van der Waals surface area contributed by atoms with Gasteiger partial charge < -0.3 is 14.8 Å². The number of hydrogen-bond acceptors (Lipinski definition) is 4. The molecule has 2 aliphatic heterocycles. The number of aryl methyl sites for hydroxylation is 1. The fraction of sp³-hybridized carbons (Fsp3) is 0.474. The van der Waals surface area contributed by atoms with Gasteiger partial charge in [0, 0.05) is 6.54 Å². The number of likely N-dealkylation sites (tertiary alicyclic amines) is 1. The molecule has 8 heteroatoms. The van der Waals surface area contributed by atoms with Crippen LogP contribution in [0, 0.1) is 6.92 Å². The predicted molar refractivity (Wildman–Crippen MR) is 98.8 cm³/mol. The smallest absolute Gasteiger partial charge is 0.325 e. The molecule has 0 saturated carbocycles. The van der Waals surface area contributed by atoms with Gasteiger partial charge in [-0.2, -0.15) is 0 Å². The van der Waals surface area contributed by atoms with E-state index >= 15 is 0 Å².